The molecule has 0 aliphatic carbocycles. The summed E-state index contributed by atoms with van der Waals surface area (Å²) >= 11 is 0. The van der Waals surface area contributed by atoms with Crippen LogP contribution < -0.4 is 0 Å². The van der Waals surface area contributed by atoms with E-state index < -0.39 is 25.9 Å². The van der Waals surface area contributed by atoms with Crippen molar-refractivity contribution in [1.82, 2.24) is 9.29 Å². The molecule has 1 fully saturated rings. The summed E-state index contributed by atoms with van der Waals surface area (Å²) in [5.41, 5.74) is 0.948. The number of oxazole rings is 1. The quantitative estimate of drug-likeness (QED) is 0.819. The van der Waals surface area contributed by atoms with Gasteiger partial charge in [-0.05, 0) is 18.6 Å². The van der Waals surface area contributed by atoms with Crippen molar-refractivity contribution in [3.05, 3.63) is 24.6 Å². The van der Waals surface area contributed by atoms with Gasteiger partial charge in [0.2, 0.25) is 10.0 Å². The van der Waals surface area contributed by atoms with E-state index in [-0.39, 0.29) is 16.4 Å². The minimum Gasteiger partial charge on any atom is -0.443 e. The predicted molar refractivity (Wildman–Crippen MR) is 76.0 cm³/mol. The zero-order chi connectivity index (χ0) is 15.3. The van der Waals surface area contributed by atoms with Crippen LogP contribution in [0.2, 0.25) is 0 Å². The van der Waals surface area contributed by atoms with Crippen LogP contribution in [-0.4, -0.2) is 50.7 Å². The monoisotopic (exact) mass is 330 g/mol. The van der Waals surface area contributed by atoms with Crippen LogP contribution in [0, 0.1) is 0 Å². The molecule has 0 radical (unpaired) electrons. The maximum absolute atomic E-state index is 12.6. The average Bonchev–Trinajstić information content (AvgIpc) is 3.02. The smallest absolute Gasteiger partial charge is 0.243 e. The van der Waals surface area contributed by atoms with E-state index in [1.807, 2.05) is 0 Å². The Labute approximate surface area is 122 Å². The Kier molecular flexibility index (Phi) is 3.30. The molecule has 0 bridgehead atoms. The minimum absolute atomic E-state index is 0.0265. The van der Waals surface area contributed by atoms with E-state index in [4.69, 9.17) is 4.42 Å². The number of sulfonamides is 1. The Bertz CT molecular complexity index is 885. The lowest BCUT2D eigenvalue weighted by molar-refractivity contribution is 0.394. The van der Waals surface area contributed by atoms with E-state index in [0.717, 1.165) is 4.31 Å². The van der Waals surface area contributed by atoms with Crippen molar-refractivity contribution < 1.29 is 21.3 Å². The first kappa shape index (κ1) is 14.5. The fourth-order valence-corrected chi connectivity index (χ4v) is 5.69. The summed E-state index contributed by atoms with van der Waals surface area (Å²) in [7, 11) is -5.50. The molecular weight excluding hydrogens is 316 g/mol. The highest BCUT2D eigenvalue weighted by Gasteiger charge is 2.36. The topological polar surface area (TPSA) is 97.6 Å². The molecule has 1 saturated heterocycles. The van der Waals surface area contributed by atoms with Crippen molar-refractivity contribution in [3.8, 4) is 0 Å². The predicted octanol–water partition coefficient (Wildman–Crippen LogP) is 0.635. The molecule has 0 amide bonds. The van der Waals surface area contributed by atoms with Crippen LogP contribution in [0.1, 0.15) is 6.42 Å². The van der Waals surface area contributed by atoms with E-state index in [2.05, 4.69) is 4.98 Å². The number of hydrogen-bond acceptors (Lipinski definition) is 6. The molecule has 2 heterocycles. The Balaban J connectivity index is 1.95. The number of hydrogen-bond donors (Lipinski definition) is 0. The highest BCUT2D eigenvalue weighted by Crippen LogP contribution is 2.25. The van der Waals surface area contributed by atoms with Crippen LogP contribution in [0.3, 0.4) is 0 Å². The lowest BCUT2D eigenvalue weighted by Crippen LogP contribution is -2.37. The first-order valence-electron chi connectivity index (χ1n) is 6.31. The third kappa shape index (κ3) is 2.56. The van der Waals surface area contributed by atoms with E-state index in [9.17, 15) is 16.8 Å². The molecule has 21 heavy (non-hydrogen) atoms. The third-order valence-corrected chi connectivity index (χ3v) is 7.36. The van der Waals surface area contributed by atoms with E-state index in [0.29, 0.717) is 17.5 Å². The van der Waals surface area contributed by atoms with Gasteiger partial charge < -0.3 is 4.42 Å². The molecule has 1 unspecified atom stereocenters. The molecule has 0 saturated carbocycles. The van der Waals surface area contributed by atoms with Crippen LogP contribution in [0.5, 0.6) is 0 Å². The largest absolute Gasteiger partial charge is 0.443 e. The van der Waals surface area contributed by atoms with Crippen LogP contribution >= 0.6 is 0 Å². The zero-order valence-corrected chi connectivity index (χ0v) is 12.9. The number of nitrogens with zero attached hydrogens (tertiary/aromatic N) is 2. The second kappa shape index (κ2) is 4.79. The number of aromatic nitrogens is 1. The summed E-state index contributed by atoms with van der Waals surface area (Å²) in [6.07, 6.45) is 1.57. The molecule has 1 aliphatic heterocycles. The van der Waals surface area contributed by atoms with Gasteiger partial charge in [-0.3, -0.25) is 0 Å². The van der Waals surface area contributed by atoms with Crippen molar-refractivity contribution >= 4 is 31.0 Å². The second-order valence-electron chi connectivity index (χ2n) is 5.06. The SMILES string of the molecule is CN(C1CCS(=O)(=O)C1)S(=O)(=O)c1ccc2ncoc2c1. The lowest BCUT2D eigenvalue weighted by atomic mass is 10.3. The highest BCUT2D eigenvalue weighted by atomic mass is 32.2. The fraction of sp³-hybridized carbons (Fsp3) is 0.417. The molecular formula is C12H14N2O5S2. The van der Waals surface area contributed by atoms with E-state index in [1.54, 1.807) is 6.07 Å². The number of sulfone groups is 1. The third-order valence-electron chi connectivity index (χ3n) is 3.70. The maximum Gasteiger partial charge on any atom is 0.243 e. The Morgan fingerprint density at radius 1 is 1.38 bits per heavy atom. The van der Waals surface area contributed by atoms with Crippen molar-refractivity contribution in [3.63, 3.8) is 0 Å². The highest BCUT2D eigenvalue weighted by molar-refractivity contribution is 7.92. The molecule has 1 atom stereocenters. The maximum atomic E-state index is 12.6. The summed E-state index contributed by atoms with van der Waals surface area (Å²) < 4.78 is 54.4. The molecule has 7 nitrogen and oxygen atoms in total. The van der Waals surface area contributed by atoms with Crippen LogP contribution in [-0.2, 0) is 19.9 Å². The van der Waals surface area contributed by atoms with Gasteiger partial charge >= 0.3 is 0 Å². The molecule has 114 valence electrons. The average molecular weight is 330 g/mol. The Morgan fingerprint density at radius 2 is 2.14 bits per heavy atom. The van der Waals surface area contributed by atoms with Gasteiger partial charge in [0, 0.05) is 19.2 Å². The second-order valence-corrected chi connectivity index (χ2v) is 9.29. The van der Waals surface area contributed by atoms with Crippen molar-refractivity contribution in [2.45, 2.75) is 17.4 Å². The minimum atomic E-state index is -3.76. The van der Waals surface area contributed by atoms with Crippen molar-refractivity contribution in [2.75, 3.05) is 18.6 Å². The molecule has 3 rings (SSSR count). The summed E-state index contributed by atoms with van der Waals surface area (Å²) in [6, 6.07) is 3.88. The van der Waals surface area contributed by atoms with Crippen LogP contribution in [0.15, 0.2) is 33.9 Å². The molecule has 1 aromatic carbocycles. The molecule has 1 aliphatic rings. The van der Waals surface area contributed by atoms with Crippen LogP contribution in [0.4, 0.5) is 0 Å². The Hall–Kier alpha value is -1.45. The molecule has 0 N–H and O–H groups in total. The molecule has 9 heteroatoms. The zero-order valence-electron chi connectivity index (χ0n) is 11.3. The molecule has 2 aromatic rings. The van der Waals surface area contributed by atoms with Gasteiger partial charge in [-0.2, -0.15) is 4.31 Å². The van der Waals surface area contributed by atoms with Gasteiger partial charge in [0.15, 0.2) is 21.8 Å². The lowest BCUT2D eigenvalue weighted by Gasteiger charge is -2.22. The number of benzene rings is 1. The van der Waals surface area contributed by atoms with Crippen LogP contribution in [0.25, 0.3) is 11.1 Å². The fourth-order valence-electron chi connectivity index (χ4n) is 2.42. The van der Waals surface area contributed by atoms with Gasteiger partial charge in [-0.1, -0.05) is 0 Å². The van der Waals surface area contributed by atoms with Gasteiger partial charge in [-0.25, -0.2) is 21.8 Å². The standard InChI is InChI=1S/C12H14N2O5S2/c1-14(9-4-5-20(15,16)7-9)21(17,18)10-2-3-11-12(6-10)19-8-13-11/h2-3,6,8-9H,4-5,7H2,1H3. The normalized spacial score (nSPS) is 22.1. The van der Waals surface area contributed by atoms with Gasteiger partial charge in [-0.15, -0.1) is 0 Å². The van der Waals surface area contributed by atoms with Crippen molar-refractivity contribution in [1.29, 1.82) is 0 Å². The first-order chi connectivity index (χ1) is 9.79. The van der Waals surface area contributed by atoms with E-state index >= 15 is 0 Å². The number of rotatable bonds is 3. The summed E-state index contributed by atoms with van der Waals surface area (Å²) in [4.78, 5) is 4.00. The van der Waals surface area contributed by atoms with Gasteiger partial charge in [0.05, 0.1) is 16.4 Å². The van der Waals surface area contributed by atoms with E-state index in [1.165, 1.54) is 25.6 Å². The summed E-state index contributed by atoms with van der Waals surface area (Å²) in [5.74, 6) is -0.105. The molecule has 0 spiro atoms. The van der Waals surface area contributed by atoms with Gasteiger partial charge in [0.25, 0.3) is 0 Å². The number of fused-ring (bicyclic) bond motifs is 1. The molecule has 1 aromatic heterocycles. The first-order valence-corrected chi connectivity index (χ1v) is 9.57. The Morgan fingerprint density at radius 3 is 2.81 bits per heavy atom. The van der Waals surface area contributed by atoms with Crippen molar-refractivity contribution in [2.24, 2.45) is 0 Å². The summed E-state index contributed by atoms with van der Waals surface area (Å²) in [5, 5.41) is 0. The van der Waals surface area contributed by atoms with Gasteiger partial charge in [0.1, 0.15) is 5.52 Å². The summed E-state index contributed by atoms with van der Waals surface area (Å²) in [6.45, 7) is 0.